The van der Waals surface area contributed by atoms with Gasteiger partial charge in [0, 0.05) is 18.5 Å². The number of Topliss-reactive ketones (excluding diaryl/α,β-unsaturated/α-hetero) is 1. The summed E-state index contributed by atoms with van der Waals surface area (Å²) in [6.45, 7) is 0.354. The van der Waals surface area contributed by atoms with Gasteiger partial charge in [-0.1, -0.05) is 48.2 Å². The van der Waals surface area contributed by atoms with E-state index >= 15 is 0 Å². The maximum Gasteiger partial charge on any atom is 0.326 e. The maximum absolute atomic E-state index is 12.9. The van der Waals surface area contributed by atoms with E-state index in [1.807, 2.05) is 0 Å². The van der Waals surface area contributed by atoms with Gasteiger partial charge in [0.1, 0.15) is 6.04 Å². The van der Waals surface area contributed by atoms with Gasteiger partial charge in [0.05, 0.1) is 10.1 Å². The van der Waals surface area contributed by atoms with Gasteiger partial charge in [-0.2, -0.15) is 0 Å². The first kappa shape index (κ1) is 20.3. The van der Waals surface area contributed by atoms with Gasteiger partial charge in [-0.3, -0.25) is 14.4 Å². The SMILES string of the molecule is O=C(SC(CC(=O)N1CCC[C@H]1C(=O)O)C(=O)c1cccs1)c1ccccc1. The Morgan fingerprint density at radius 1 is 1.14 bits per heavy atom. The van der Waals surface area contributed by atoms with Crippen LogP contribution in [0.1, 0.15) is 39.3 Å². The van der Waals surface area contributed by atoms with E-state index in [4.69, 9.17) is 0 Å². The Balaban J connectivity index is 1.78. The minimum atomic E-state index is -1.04. The predicted molar refractivity (Wildman–Crippen MR) is 108 cm³/mol. The first-order chi connectivity index (χ1) is 13.5. The van der Waals surface area contributed by atoms with Crippen molar-refractivity contribution < 1.29 is 24.3 Å². The zero-order valence-electron chi connectivity index (χ0n) is 14.9. The highest BCUT2D eigenvalue weighted by atomic mass is 32.2. The van der Waals surface area contributed by atoms with E-state index < -0.39 is 23.2 Å². The number of carbonyl (C=O) groups excluding carboxylic acids is 3. The van der Waals surface area contributed by atoms with Crippen molar-refractivity contribution >= 4 is 45.9 Å². The summed E-state index contributed by atoms with van der Waals surface area (Å²) in [5, 5.41) is 9.88. The average Bonchev–Trinajstić information content (AvgIpc) is 3.39. The van der Waals surface area contributed by atoms with Crippen LogP contribution in [0.2, 0.25) is 0 Å². The smallest absolute Gasteiger partial charge is 0.326 e. The molecule has 1 fully saturated rings. The number of likely N-dealkylation sites (tertiary alicyclic amines) is 1. The minimum Gasteiger partial charge on any atom is -0.480 e. The molecular formula is C20H19NO5S2. The molecule has 1 aliphatic rings. The molecule has 6 nitrogen and oxygen atoms in total. The third kappa shape index (κ3) is 4.69. The molecule has 1 aliphatic heterocycles. The van der Waals surface area contributed by atoms with E-state index in [0.717, 1.165) is 11.8 Å². The molecule has 8 heteroatoms. The average molecular weight is 418 g/mol. The van der Waals surface area contributed by atoms with Crippen LogP contribution in [0, 0.1) is 0 Å². The normalized spacial score (nSPS) is 17.3. The molecule has 1 aromatic heterocycles. The summed E-state index contributed by atoms with van der Waals surface area (Å²) in [4.78, 5) is 51.4. The number of rotatable bonds is 7. The third-order valence-corrected chi connectivity index (χ3v) is 6.53. The number of hydrogen-bond acceptors (Lipinski definition) is 6. The lowest BCUT2D eigenvalue weighted by Gasteiger charge is -2.23. The van der Waals surface area contributed by atoms with Gasteiger partial charge in [-0.15, -0.1) is 11.3 Å². The lowest BCUT2D eigenvalue weighted by atomic mass is 10.1. The van der Waals surface area contributed by atoms with Gasteiger partial charge in [0.15, 0.2) is 5.78 Å². The Hall–Kier alpha value is -2.45. The summed E-state index contributed by atoms with van der Waals surface area (Å²) < 4.78 is 0. The van der Waals surface area contributed by atoms with E-state index in [1.54, 1.807) is 47.8 Å². The largest absolute Gasteiger partial charge is 0.480 e. The zero-order valence-corrected chi connectivity index (χ0v) is 16.6. The summed E-state index contributed by atoms with van der Waals surface area (Å²) in [6.07, 6.45) is 0.812. The van der Waals surface area contributed by atoms with Gasteiger partial charge in [0.2, 0.25) is 11.0 Å². The Kier molecular flexibility index (Phi) is 6.64. The molecule has 0 aliphatic carbocycles. The summed E-state index contributed by atoms with van der Waals surface area (Å²) in [5.41, 5.74) is 0.452. The van der Waals surface area contributed by atoms with Crippen LogP contribution in [0.4, 0.5) is 0 Å². The maximum atomic E-state index is 12.9. The van der Waals surface area contributed by atoms with Gasteiger partial charge in [-0.05, 0) is 24.3 Å². The Morgan fingerprint density at radius 3 is 2.54 bits per heavy atom. The molecule has 2 atom stereocenters. The number of amides is 1. The minimum absolute atomic E-state index is 0.205. The fraction of sp³-hybridized carbons (Fsp3) is 0.300. The van der Waals surface area contributed by atoms with Crippen LogP contribution in [-0.2, 0) is 9.59 Å². The first-order valence-corrected chi connectivity index (χ1v) is 10.6. The Morgan fingerprint density at radius 2 is 1.89 bits per heavy atom. The van der Waals surface area contributed by atoms with Crippen molar-refractivity contribution in [3.63, 3.8) is 0 Å². The topological polar surface area (TPSA) is 91.8 Å². The Labute approximate surface area is 170 Å². The summed E-state index contributed by atoms with van der Waals surface area (Å²) in [7, 11) is 0. The van der Waals surface area contributed by atoms with Crippen molar-refractivity contribution in [2.75, 3.05) is 6.54 Å². The van der Waals surface area contributed by atoms with Crippen molar-refractivity contribution in [1.82, 2.24) is 4.90 Å². The number of benzene rings is 1. The van der Waals surface area contributed by atoms with Crippen LogP contribution in [-0.4, -0.2) is 50.6 Å². The van der Waals surface area contributed by atoms with E-state index in [1.165, 1.54) is 16.2 Å². The number of thioether (sulfide) groups is 1. The molecule has 1 unspecified atom stereocenters. The van der Waals surface area contributed by atoms with Gasteiger partial charge in [0.25, 0.3) is 0 Å². The van der Waals surface area contributed by atoms with Crippen LogP contribution in [0.3, 0.4) is 0 Å². The fourth-order valence-corrected chi connectivity index (χ4v) is 4.92. The second kappa shape index (κ2) is 9.16. The molecule has 28 heavy (non-hydrogen) atoms. The number of nitrogens with zero attached hydrogens (tertiary/aromatic N) is 1. The van der Waals surface area contributed by atoms with Crippen LogP contribution in [0.25, 0.3) is 0 Å². The van der Waals surface area contributed by atoms with E-state index in [2.05, 4.69) is 0 Å². The predicted octanol–water partition coefficient (Wildman–Crippen LogP) is 3.34. The second-order valence-corrected chi connectivity index (χ2v) is 8.51. The number of carboxylic acid groups (broad SMARTS) is 1. The molecular weight excluding hydrogens is 398 g/mol. The van der Waals surface area contributed by atoms with Crippen molar-refractivity contribution in [2.45, 2.75) is 30.6 Å². The van der Waals surface area contributed by atoms with Crippen LogP contribution < -0.4 is 0 Å². The molecule has 1 aromatic carbocycles. The Bertz CT molecular complexity index is 866. The lowest BCUT2D eigenvalue weighted by Crippen LogP contribution is -2.42. The molecule has 1 amide bonds. The molecule has 1 saturated heterocycles. The van der Waals surface area contributed by atoms with Crippen LogP contribution in [0.5, 0.6) is 0 Å². The molecule has 2 aromatic rings. The second-order valence-electron chi connectivity index (χ2n) is 6.39. The highest BCUT2D eigenvalue weighted by Crippen LogP contribution is 2.28. The van der Waals surface area contributed by atoms with Crippen molar-refractivity contribution in [1.29, 1.82) is 0 Å². The molecule has 0 spiro atoms. The third-order valence-electron chi connectivity index (χ3n) is 4.53. The summed E-state index contributed by atoms with van der Waals surface area (Å²) in [6, 6.07) is 11.1. The van der Waals surface area contributed by atoms with Gasteiger partial charge in [-0.25, -0.2) is 4.79 Å². The number of aliphatic carboxylic acids is 1. The van der Waals surface area contributed by atoms with Gasteiger partial charge < -0.3 is 10.0 Å². The first-order valence-electron chi connectivity index (χ1n) is 8.83. The molecule has 3 rings (SSSR count). The monoisotopic (exact) mass is 417 g/mol. The molecule has 0 saturated carbocycles. The molecule has 146 valence electrons. The number of carboxylic acids is 1. The van der Waals surface area contributed by atoms with Crippen molar-refractivity contribution in [3.05, 3.63) is 58.3 Å². The van der Waals surface area contributed by atoms with Crippen molar-refractivity contribution in [3.8, 4) is 0 Å². The fourth-order valence-electron chi connectivity index (χ4n) is 3.13. The highest BCUT2D eigenvalue weighted by Gasteiger charge is 2.36. The molecule has 0 bridgehead atoms. The zero-order chi connectivity index (χ0) is 20.1. The molecule has 1 N–H and O–H groups in total. The standard InChI is InChI=1S/C20H19NO5S2/c22-17(21-10-4-8-14(21)19(24)25)12-16(18(23)15-9-5-11-27-15)28-20(26)13-6-2-1-3-7-13/h1-3,5-7,9,11,14,16H,4,8,10,12H2,(H,24,25)/t14-,16?/m0/s1. The summed E-state index contributed by atoms with van der Waals surface area (Å²) in [5.74, 6) is -1.74. The lowest BCUT2D eigenvalue weighted by molar-refractivity contribution is -0.148. The summed E-state index contributed by atoms with van der Waals surface area (Å²) >= 11 is 2.08. The highest BCUT2D eigenvalue weighted by molar-refractivity contribution is 8.15. The number of ketones is 1. The molecule has 2 heterocycles. The van der Waals surface area contributed by atoms with E-state index in [0.29, 0.717) is 29.8 Å². The molecule has 0 radical (unpaired) electrons. The van der Waals surface area contributed by atoms with Crippen LogP contribution >= 0.6 is 23.1 Å². The van der Waals surface area contributed by atoms with Crippen LogP contribution in [0.15, 0.2) is 47.8 Å². The number of carbonyl (C=O) groups is 4. The number of hydrogen-bond donors (Lipinski definition) is 1. The quantitative estimate of drug-likeness (QED) is 0.695. The van der Waals surface area contributed by atoms with Crippen molar-refractivity contribution in [2.24, 2.45) is 0 Å². The van der Waals surface area contributed by atoms with E-state index in [-0.39, 0.29) is 17.3 Å². The number of thiophene rings is 1. The van der Waals surface area contributed by atoms with E-state index in [9.17, 15) is 24.3 Å². The van der Waals surface area contributed by atoms with Gasteiger partial charge >= 0.3 is 5.97 Å².